The van der Waals surface area contributed by atoms with Gasteiger partial charge in [-0.3, -0.25) is 0 Å². The molecule has 19 heavy (non-hydrogen) atoms. The first-order valence-electron chi connectivity index (χ1n) is 6.17. The van der Waals surface area contributed by atoms with E-state index in [2.05, 4.69) is 17.6 Å². The van der Waals surface area contributed by atoms with Gasteiger partial charge in [0.2, 0.25) is 0 Å². The van der Waals surface area contributed by atoms with Crippen molar-refractivity contribution in [3.05, 3.63) is 64.8 Å². The molecule has 2 nitrogen and oxygen atoms in total. The standard InChI is InChI=1S/C16H14ClNO/c1-11-8-13-3-2-12(10-19)9-16(13)18(11)15-6-4-14(17)5-7-15/h2-9,19H,10H2,1H3. The second-order valence-corrected chi connectivity index (χ2v) is 5.09. The number of rotatable bonds is 2. The summed E-state index contributed by atoms with van der Waals surface area (Å²) >= 11 is 5.94. The van der Waals surface area contributed by atoms with Crippen LogP contribution in [0.1, 0.15) is 11.3 Å². The molecule has 0 aliphatic rings. The molecule has 2 aromatic carbocycles. The first-order chi connectivity index (χ1) is 9.19. The zero-order valence-corrected chi connectivity index (χ0v) is 11.4. The number of hydrogen-bond acceptors (Lipinski definition) is 1. The number of aryl methyl sites for hydroxylation is 1. The molecular formula is C16H14ClNO. The van der Waals surface area contributed by atoms with Crippen molar-refractivity contribution in [3.8, 4) is 5.69 Å². The molecule has 0 atom stereocenters. The number of halogens is 1. The average molecular weight is 272 g/mol. The minimum Gasteiger partial charge on any atom is -0.392 e. The van der Waals surface area contributed by atoms with Crippen LogP contribution in [0, 0.1) is 6.92 Å². The molecule has 96 valence electrons. The van der Waals surface area contributed by atoms with Gasteiger partial charge in [0, 0.05) is 21.8 Å². The van der Waals surface area contributed by atoms with E-state index in [1.807, 2.05) is 42.5 Å². The van der Waals surface area contributed by atoms with Crippen molar-refractivity contribution in [1.29, 1.82) is 0 Å². The van der Waals surface area contributed by atoms with Crippen LogP contribution in [0.4, 0.5) is 0 Å². The van der Waals surface area contributed by atoms with Gasteiger partial charge in [-0.05, 0) is 48.9 Å². The maximum absolute atomic E-state index is 9.28. The Hall–Kier alpha value is -1.77. The van der Waals surface area contributed by atoms with Crippen LogP contribution < -0.4 is 0 Å². The Morgan fingerprint density at radius 2 is 1.79 bits per heavy atom. The van der Waals surface area contributed by atoms with Gasteiger partial charge in [0.15, 0.2) is 0 Å². The van der Waals surface area contributed by atoms with Gasteiger partial charge in [0.05, 0.1) is 12.1 Å². The minimum atomic E-state index is 0.0563. The first kappa shape index (κ1) is 12.3. The molecule has 0 radical (unpaired) electrons. The summed E-state index contributed by atoms with van der Waals surface area (Å²) in [5.74, 6) is 0. The smallest absolute Gasteiger partial charge is 0.0682 e. The second kappa shape index (κ2) is 4.72. The lowest BCUT2D eigenvalue weighted by atomic mass is 10.2. The van der Waals surface area contributed by atoms with E-state index < -0.39 is 0 Å². The van der Waals surface area contributed by atoms with Crippen LogP contribution in [0.15, 0.2) is 48.5 Å². The molecule has 0 saturated carbocycles. The Morgan fingerprint density at radius 3 is 2.47 bits per heavy atom. The lowest BCUT2D eigenvalue weighted by Gasteiger charge is -2.09. The fraction of sp³-hybridized carbons (Fsp3) is 0.125. The molecular weight excluding hydrogens is 258 g/mol. The maximum Gasteiger partial charge on any atom is 0.0682 e. The van der Waals surface area contributed by atoms with E-state index in [1.165, 1.54) is 5.39 Å². The molecule has 1 N–H and O–H groups in total. The second-order valence-electron chi connectivity index (χ2n) is 4.65. The highest BCUT2D eigenvalue weighted by molar-refractivity contribution is 6.30. The fourth-order valence-corrected chi connectivity index (χ4v) is 2.54. The predicted molar refractivity (Wildman–Crippen MR) is 78.9 cm³/mol. The number of aliphatic hydroxyl groups is 1. The van der Waals surface area contributed by atoms with Crippen LogP contribution in [-0.2, 0) is 6.61 Å². The van der Waals surface area contributed by atoms with Gasteiger partial charge in [0.25, 0.3) is 0 Å². The van der Waals surface area contributed by atoms with Crippen LogP contribution in [0.2, 0.25) is 5.02 Å². The van der Waals surface area contributed by atoms with Crippen LogP contribution in [0.5, 0.6) is 0 Å². The summed E-state index contributed by atoms with van der Waals surface area (Å²) in [6.45, 7) is 2.13. The maximum atomic E-state index is 9.28. The Morgan fingerprint density at radius 1 is 1.05 bits per heavy atom. The molecule has 0 fully saturated rings. The summed E-state index contributed by atoms with van der Waals surface area (Å²) in [5.41, 5.74) is 4.26. The lowest BCUT2D eigenvalue weighted by Crippen LogP contribution is -1.96. The summed E-state index contributed by atoms with van der Waals surface area (Å²) in [5, 5.41) is 11.2. The molecule has 1 heterocycles. The van der Waals surface area contributed by atoms with Crippen LogP contribution in [0.25, 0.3) is 16.6 Å². The van der Waals surface area contributed by atoms with Gasteiger partial charge in [-0.1, -0.05) is 23.7 Å². The molecule has 3 rings (SSSR count). The van der Waals surface area contributed by atoms with Gasteiger partial charge in [-0.25, -0.2) is 0 Å². The number of fused-ring (bicyclic) bond motifs is 1. The fourth-order valence-electron chi connectivity index (χ4n) is 2.42. The van der Waals surface area contributed by atoms with Gasteiger partial charge in [0.1, 0.15) is 0 Å². The number of benzene rings is 2. The van der Waals surface area contributed by atoms with Gasteiger partial charge < -0.3 is 9.67 Å². The van der Waals surface area contributed by atoms with Crippen molar-refractivity contribution in [2.24, 2.45) is 0 Å². The van der Waals surface area contributed by atoms with E-state index in [0.717, 1.165) is 27.5 Å². The van der Waals surface area contributed by atoms with Crippen molar-refractivity contribution in [2.45, 2.75) is 13.5 Å². The van der Waals surface area contributed by atoms with Crippen molar-refractivity contribution >= 4 is 22.5 Å². The summed E-state index contributed by atoms with van der Waals surface area (Å²) in [6, 6.07) is 15.9. The number of nitrogens with zero attached hydrogens (tertiary/aromatic N) is 1. The van der Waals surface area contributed by atoms with E-state index in [-0.39, 0.29) is 6.61 Å². The molecule has 0 unspecified atom stereocenters. The number of aromatic nitrogens is 1. The summed E-state index contributed by atoms with van der Waals surface area (Å²) in [7, 11) is 0. The molecule has 0 spiro atoms. The zero-order valence-electron chi connectivity index (χ0n) is 10.6. The van der Waals surface area contributed by atoms with E-state index >= 15 is 0 Å². The largest absolute Gasteiger partial charge is 0.392 e. The third-order valence-corrected chi connectivity index (χ3v) is 3.57. The van der Waals surface area contributed by atoms with Crippen LogP contribution >= 0.6 is 11.6 Å². The van der Waals surface area contributed by atoms with E-state index in [1.54, 1.807) is 0 Å². The summed E-state index contributed by atoms with van der Waals surface area (Å²) in [4.78, 5) is 0. The Kier molecular flexibility index (Phi) is 3.05. The highest BCUT2D eigenvalue weighted by atomic mass is 35.5. The van der Waals surface area contributed by atoms with Crippen LogP contribution in [0.3, 0.4) is 0 Å². The summed E-state index contributed by atoms with van der Waals surface area (Å²) in [6.07, 6.45) is 0. The Balaban J connectivity index is 2.26. The van der Waals surface area contributed by atoms with Gasteiger partial charge >= 0.3 is 0 Å². The van der Waals surface area contributed by atoms with E-state index in [4.69, 9.17) is 11.6 Å². The molecule has 1 aromatic heterocycles. The van der Waals surface area contributed by atoms with Crippen molar-refractivity contribution < 1.29 is 5.11 Å². The molecule has 3 heteroatoms. The first-order valence-corrected chi connectivity index (χ1v) is 6.54. The van der Waals surface area contributed by atoms with Crippen molar-refractivity contribution in [3.63, 3.8) is 0 Å². The average Bonchev–Trinajstić information content (AvgIpc) is 2.75. The molecule has 3 aromatic rings. The lowest BCUT2D eigenvalue weighted by molar-refractivity contribution is 0.282. The molecule has 0 aliphatic heterocycles. The monoisotopic (exact) mass is 271 g/mol. The Labute approximate surface area is 116 Å². The quantitative estimate of drug-likeness (QED) is 0.746. The van der Waals surface area contributed by atoms with Crippen LogP contribution in [-0.4, -0.2) is 9.67 Å². The molecule has 0 saturated heterocycles. The third-order valence-electron chi connectivity index (χ3n) is 3.32. The van der Waals surface area contributed by atoms with Crippen molar-refractivity contribution in [1.82, 2.24) is 4.57 Å². The van der Waals surface area contributed by atoms with Gasteiger partial charge in [-0.15, -0.1) is 0 Å². The highest BCUT2D eigenvalue weighted by Crippen LogP contribution is 2.26. The normalized spacial score (nSPS) is 11.1. The van der Waals surface area contributed by atoms with Gasteiger partial charge in [-0.2, -0.15) is 0 Å². The van der Waals surface area contributed by atoms with E-state index in [9.17, 15) is 5.11 Å². The molecule has 0 aliphatic carbocycles. The third kappa shape index (κ3) is 2.14. The predicted octanol–water partition coefficient (Wildman–Crippen LogP) is 4.08. The highest BCUT2D eigenvalue weighted by Gasteiger charge is 2.08. The topological polar surface area (TPSA) is 25.2 Å². The molecule has 0 bridgehead atoms. The SMILES string of the molecule is Cc1cc2ccc(CO)cc2n1-c1ccc(Cl)cc1. The Bertz CT molecular complexity index is 728. The minimum absolute atomic E-state index is 0.0563. The number of aliphatic hydroxyl groups excluding tert-OH is 1. The number of hydrogen-bond donors (Lipinski definition) is 1. The molecule has 0 amide bonds. The summed E-state index contributed by atoms with van der Waals surface area (Å²) < 4.78 is 2.17. The zero-order chi connectivity index (χ0) is 13.4. The van der Waals surface area contributed by atoms with Crippen molar-refractivity contribution in [2.75, 3.05) is 0 Å². The van der Waals surface area contributed by atoms with E-state index in [0.29, 0.717) is 0 Å².